The largest absolute Gasteiger partial charge is 0.469 e. The van der Waals surface area contributed by atoms with Gasteiger partial charge in [0.15, 0.2) is 0 Å². The lowest BCUT2D eigenvalue weighted by molar-refractivity contribution is -0.148. The number of carbonyl (C=O) groups is 2. The number of amides is 1. The molecule has 5 nitrogen and oxygen atoms in total. The molecule has 17 heavy (non-hydrogen) atoms. The summed E-state index contributed by atoms with van der Waals surface area (Å²) in [4.78, 5) is 22.7. The summed E-state index contributed by atoms with van der Waals surface area (Å²) in [7, 11) is 1.39. The van der Waals surface area contributed by atoms with E-state index < -0.39 is 0 Å². The maximum Gasteiger partial charge on any atom is 0.309 e. The van der Waals surface area contributed by atoms with E-state index >= 15 is 0 Å². The van der Waals surface area contributed by atoms with E-state index in [4.69, 9.17) is 10.00 Å². The van der Waals surface area contributed by atoms with Crippen LogP contribution in [0.5, 0.6) is 0 Å². The van der Waals surface area contributed by atoms with Crippen LogP contribution in [0.4, 0.5) is 0 Å². The van der Waals surface area contributed by atoms with Gasteiger partial charge in [-0.3, -0.25) is 9.59 Å². The number of hydrogen-bond acceptors (Lipinski definition) is 4. The van der Waals surface area contributed by atoms with Crippen LogP contribution in [0.1, 0.15) is 32.1 Å². The molecule has 1 saturated carbocycles. The van der Waals surface area contributed by atoms with E-state index in [1.807, 2.05) is 0 Å². The average molecular weight is 238 g/mol. The maximum absolute atomic E-state index is 11.6. The van der Waals surface area contributed by atoms with E-state index in [0.29, 0.717) is 6.54 Å². The van der Waals surface area contributed by atoms with E-state index in [1.165, 1.54) is 7.11 Å². The Kier molecular flexibility index (Phi) is 5.47. The molecule has 1 amide bonds. The molecule has 1 fully saturated rings. The van der Waals surface area contributed by atoms with Crippen LogP contribution in [-0.2, 0) is 14.3 Å². The predicted molar refractivity (Wildman–Crippen MR) is 60.7 cm³/mol. The lowest BCUT2D eigenvalue weighted by Gasteiger charge is -2.29. The van der Waals surface area contributed by atoms with Crippen LogP contribution in [0.3, 0.4) is 0 Å². The van der Waals surface area contributed by atoms with Gasteiger partial charge in [-0.15, -0.1) is 0 Å². The minimum atomic E-state index is -0.276. The average Bonchev–Trinajstić information content (AvgIpc) is 2.36. The Bertz CT molecular complexity index is 322. The van der Waals surface area contributed by atoms with Crippen molar-refractivity contribution in [1.82, 2.24) is 5.32 Å². The smallest absolute Gasteiger partial charge is 0.309 e. The van der Waals surface area contributed by atoms with Crippen molar-refractivity contribution < 1.29 is 14.3 Å². The van der Waals surface area contributed by atoms with Crippen LogP contribution >= 0.6 is 0 Å². The topological polar surface area (TPSA) is 79.2 Å². The van der Waals surface area contributed by atoms with Gasteiger partial charge in [0, 0.05) is 6.54 Å². The Morgan fingerprint density at radius 1 is 1.41 bits per heavy atom. The SMILES string of the molecule is COC(=O)C1CCCCC1CNC(=O)CC#N. The van der Waals surface area contributed by atoms with Gasteiger partial charge in [-0.2, -0.15) is 5.26 Å². The molecule has 2 unspecified atom stereocenters. The summed E-state index contributed by atoms with van der Waals surface area (Å²) < 4.78 is 4.77. The summed E-state index contributed by atoms with van der Waals surface area (Å²) >= 11 is 0. The van der Waals surface area contributed by atoms with Gasteiger partial charge in [-0.1, -0.05) is 12.8 Å². The van der Waals surface area contributed by atoms with E-state index in [2.05, 4.69) is 5.32 Å². The molecule has 0 bridgehead atoms. The molecule has 0 aromatic carbocycles. The second-order valence-corrected chi connectivity index (χ2v) is 4.31. The molecular formula is C12H18N2O3. The van der Waals surface area contributed by atoms with Crippen LogP contribution in [0.15, 0.2) is 0 Å². The number of nitrogens with zero attached hydrogens (tertiary/aromatic N) is 1. The third-order valence-corrected chi connectivity index (χ3v) is 3.21. The monoisotopic (exact) mass is 238 g/mol. The Labute approximate surface area is 101 Å². The molecular weight excluding hydrogens is 220 g/mol. The third-order valence-electron chi connectivity index (χ3n) is 3.21. The van der Waals surface area contributed by atoms with Crippen LogP contribution in [0.2, 0.25) is 0 Å². The number of esters is 1. The van der Waals surface area contributed by atoms with Crippen LogP contribution in [0.25, 0.3) is 0 Å². The fraction of sp³-hybridized carbons (Fsp3) is 0.750. The zero-order valence-corrected chi connectivity index (χ0v) is 10.1. The predicted octanol–water partition coefficient (Wildman–Crippen LogP) is 0.996. The third kappa shape index (κ3) is 4.06. The molecule has 0 aromatic heterocycles. The molecule has 1 aliphatic carbocycles. The Morgan fingerprint density at radius 3 is 2.76 bits per heavy atom. The van der Waals surface area contributed by atoms with Gasteiger partial charge in [0.25, 0.3) is 0 Å². The van der Waals surface area contributed by atoms with Gasteiger partial charge in [-0.05, 0) is 18.8 Å². The van der Waals surface area contributed by atoms with E-state index in [0.717, 1.165) is 25.7 Å². The molecule has 0 aliphatic heterocycles. The summed E-state index contributed by atoms with van der Waals surface area (Å²) in [6.45, 7) is 0.459. The highest BCUT2D eigenvalue weighted by Gasteiger charge is 2.31. The van der Waals surface area contributed by atoms with Crippen molar-refractivity contribution in [3.05, 3.63) is 0 Å². The molecule has 5 heteroatoms. The second kappa shape index (κ2) is 6.89. The number of hydrogen-bond donors (Lipinski definition) is 1. The highest BCUT2D eigenvalue weighted by molar-refractivity contribution is 5.78. The summed E-state index contributed by atoms with van der Waals surface area (Å²) in [5, 5.41) is 11.1. The Hall–Kier alpha value is -1.57. The fourth-order valence-electron chi connectivity index (χ4n) is 2.29. The van der Waals surface area contributed by atoms with Crippen molar-refractivity contribution in [2.75, 3.05) is 13.7 Å². The van der Waals surface area contributed by atoms with Crippen molar-refractivity contribution in [3.8, 4) is 6.07 Å². The zero-order chi connectivity index (χ0) is 12.7. The quantitative estimate of drug-likeness (QED) is 0.741. The highest BCUT2D eigenvalue weighted by atomic mass is 16.5. The normalized spacial score (nSPS) is 23.5. The minimum Gasteiger partial charge on any atom is -0.469 e. The molecule has 0 saturated heterocycles. The molecule has 0 radical (unpaired) electrons. The highest BCUT2D eigenvalue weighted by Crippen LogP contribution is 2.30. The first-order chi connectivity index (χ1) is 8.19. The molecule has 1 aliphatic rings. The second-order valence-electron chi connectivity index (χ2n) is 4.31. The molecule has 94 valence electrons. The molecule has 2 atom stereocenters. The number of ether oxygens (including phenoxy) is 1. The Morgan fingerprint density at radius 2 is 2.12 bits per heavy atom. The lowest BCUT2D eigenvalue weighted by Crippen LogP contribution is -2.37. The van der Waals surface area contributed by atoms with Crippen LogP contribution in [0, 0.1) is 23.2 Å². The molecule has 1 N–H and O–H groups in total. The first-order valence-corrected chi connectivity index (χ1v) is 5.90. The first kappa shape index (κ1) is 13.5. The molecule has 0 aromatic rings. The minimum absolute atomic E-state index is 0.115. The lowest BCUT2D eigenvalue weighted by atomic mass is 9.79. The van der Waals surface area contributed by atoms with Gasteiger partial charge in [0.05, 0.1) is 19.1 Å². The van der Waals surface area contributed by atoms with Crippen molar-refractivity contribution >= 4 is 11.9 Å². The number of methoxy groups -OCH3 is 1. The van der Waals surface area contributed by atoms with Gasteiger partial charge in [-0.25, -0.2) is 0 Å². The van der Waals surface area contributed by atoms with Gasteiger partial charge in [0.2, 0.25) is 5.91 Å². The van der Waals surface area contributed by atoms with Crippen molar-refractivity contribution in [1.29, 1.82) is 5.26 Å². The summed E-state index contributed by atoms with van der Waals surface area (Å²) in [5.41, 5.74) is 0. The maximum atomic E-state index is 11.6. The van der Waals surface area contributed by atoms with Crippen molar-refractivity contribution in [2.45, 2.75) is 32.1 Å². The molecule has 0 heterocycles. The van der Waals surface area contributed by atoms with E-state index in [1.54, 1.807) is 6.07 Å². The summed E-state index contributed by atoms with van der Waals surface area (Å²) in [6.07, 6.45) is 3.72. The van der Waals surface area contributed by atoms with Gasteiger partial charge < -0.3 is 10.1 Å². The van der Waals surface area contributed by atoms with E-state index in [-0.39, 0.29) is 30.1 Å². The Balaban J connectivity index is 2.46. The van der Waals surface area contributed by atoms with E-state index in [9.17, 15) is 9.59 Å². The zero-order valence-electron chi connectivity index (χ0n) is 10.1. The molecule has 0 spiro atoms. The number of rotatable bonds is 4. The summed E-state index contributed by atoms with van der Waals surface area (Å²) in [6, 6.07) is 1.80. The summed E-state index contributed by atoms with van der Waals surface area (Å²) in [5.74, 6) is -0.444. The number of nitriles is 1. The number of carbonyl (C=O) groups excluding carboxylic acids is 2. The first-order valence-electron chi connectivity index (χ1n) is 5.90. The fourth-order valence-corrected chi connectivity index (χ4v) is 2.29. The van der Waals surface area contributed by atoms with Crippen molar-refractivity contribution in [3.63, 3.8) is 0 Å². The standard InChI is InChI=1S/C12H18N2O3/c1-17-12(16)10-5-3-2-4-9(10)8-14-11(15)6-7-13/h9-10H,2-6,8H2,1H3,(H,14,15). The van der Waals surface area contributed by atoms with Gasteiger partial charge in [0.1, 0.15) is 6.42 Å². The van der Waals surface area contributed by atoms with Gasteiger partial charge >= 0.3 is 5.97 Å². The van der Waals surface area contributed by atoms with Crippen molar-refractivity contribution in [2.24, 2.45) is 11.8 Å². The molecule has 1 rings (SSSR count). The number of nitrogens with one attached hydrogen (secondary N) is 1. The van der Waals surface area contributed by atoms with Crippen LogP contribution in [-0.4, -0.2) is 25.5 Å². The van der Waals surface area contributed by atoms with Crippen LogP contribution < -0.4 is 5.32 Å².